The summed E-state index contributed by atoms with van der Waals surface area (Å²) >= 11 is 0. The van der Waals surface area contributed by atoms with Crippen LogP contribution in [-0.2, 0) is 4.79 Å². The molecule has 0 bridgehead atoms. The molecule has 0 radical (unpaired) electrons. The monoisotopic (exact) mass is 477 g/mol. The van der Waals surface area contributed by atoms with Crippen LogP contribution in [0.1, 0.15) is 90.0 Å². The fraction of sp³-hybridized carbons (Fsp3) is 0.645. The minimum Gasteiger partial charge on any atom is -0.396 e. The molecule has 5 rings (SSSR count). The Morgan fingerprint density at radius 2 is 1.80 bits per heavy atom. The lowest BCUT2D eigenvalue weighted by atomic mass is 9.51. The van der Waals surface area contributed by atoms with E-state index in [1.165, 1.54) is 22.4 Å². The number of aliphatic hydroxyl groups is 2. The number of aliphatic hydroxyl groups excluding tert-OH is 1. The van der Waals surface area contributed by atoms with E-state index in [0.29, 0.717) is 31.1 Å². The number of carbonyl (C=O) groups excluding carboxylic acids is 1. The van der Waals surface area contributed by atoms with Crippen molar-refractivity contribution in [1.29, 1.82) is 0 Å². The maximum atomic E-state index is 12.2. The second-order valence-electron chi connectivity index (χ2n) is 11.7. The molecule has 0 aliphatic heterocycles. The Bertz CT molecular complexity index is 1020. The highest BCUT2D eigenvalue weighted by atomic mass is 16.3. The van der Waals surface area contributed by atoms with Crippen LogP contribution in [0.2, 0.25) is 0 Å². The number of allylic oxidation sites excluding steroid dienone is 4. The van der Waals surface area contributed by atoms with E-state index in [4.69, 9.17) is 0 Å². The highest BCUT2D eigenvalue weighted by Gasteiger charge is 2.62. The molecule has 4 heteroatoms. The average Bonchev–Trinajstić information content (AvgIpc) is 3.13. The average molecular weight is 478 g/mol. The van der Waals surface area contributed by atoms with Crippen molar-refractivity contribution in [3.05, 3.63) is 52.6 Å². The van der Waals surface area contributed by atoms with E-state index in [9.17, 15) is 15.0 Å². The molecule has 1 aromatic carbocycles. The number of ketones is 1. The molecule has 190 valence electrons. The summed E-state index contributed by atoms with van der Waals surface area (Å²) in [5, 5.41) is 21.5. The molecule has 5 atom stereocenters. The molecule has 0 spiro atoms. The van der Waals surface area contributed by atoms with E-state index in [1.54, 1.807) is 5.57 Å². The molecule has 35 heavy (non-hydrogen) atoms. The Balaban J connectivity index is 1.60. The van der Waals surface area contributed by atoms with Crippen molar-refractivity contribution in [3.8, 4) is 0 Å². The van der Waals surface area contributed by atoms with Gasteiger partial charge in [-0.2, -0.15) is 0 Å². The number of hydrogen-bond donors (Lipinski definition) is 2. The third kappa shape index (κ3) is 4.01. The van der Waals surface area contributed by atoms with Crippen molar-refractivity contribution in [2.45, 2.75) is 90.1 Å². The van der Waals surface area contributed by atoms with Crippen LogP contribution in [0, 0.1) is 17.3 Å². The summed E-state index contributed by atoms with van der Waals surface area (Å²) in [5.41, 5.74) is 6.07. The molecular weight excluding hydrogens is 434 g/mol. The summed E-state index contributed by atoms with van der Waals surface area (Å²) < 4.78 is 0. The topological polar surface area (TPSA) is 60.8 Å². The summed E-state index contributed by atoms with van der Waals surface area (Å²) in [7, 11) is 0. The van der Waals surface area contributed by atoms with Crippen molar-refractivity contribution in [1.82, 2.24) is 0 Å². The van der Waals surface area contributed by atoms with E-state index in [0.717, 1.165) is 51.6 Å². The normalized spacial score (nSPS) is 34.3. The molecule has 4 aliphatic carbocycles. The first-order valence-corrected chi connectivity index (χ1v) is 14.0. The lowest BCUT2D eigenvalue weighted by Gasteiger charge is -2.55. The minimum absolute atomic E-state index is 0.139. The molecule has 2 N–H and O–H groups in total. The van der Waals surface area contributed by atoms with Crippen LogP contribution in [0.5, 0.6) is 0 Å². The molecule has 0 saturated heterocycles. The van der Waals surface area contributed by atoms with Crippen LogP contribution in [0.3, 0.4) is 0 Å². The van der Waals surface area contributed by atoms with Crippen LogP contribution in [0.4, 0.5) is 5.69 Å². The lowest BCUT2D eigenvalue weighted by Crippen LogP contribution is -2.51. The predicted octanol–water partition coefficient (Wildman–Crippen LogP) is 5.94. The zero-order valence-electron chi connectivity index (χ0n) is 21.9. The first-order valence-electron chi connectivity index (χ1n) is 14.0. The number of hydrogen-bond acceptors (Lipinski definition) is 4. The third-order valence-electron chi connectivity index (χ3n) is 10.2. The molecule has 2 saturated carbocycles. The Labute approximate surface area is 211 Å². The van der Waals surface area contributed by atoms with Gasteiger partial charge in [-0.1, -0.05) is 24.6 Å². The zero-order chi connectivity index (χ0) is 24.8. The van der Waals surface area contributed by atoms with E-state index in [2.05, 4.69) is 49.9 Å². The molecule has 0 amide bonds. The quantitative estimate of drug-likeness (QED) is 0.510. The Hall–Kier alpha value is -1.91. The fourth-order valence-corrected chi connectivity index (χ4v) is 8.34. The first kappa shape index (κ1) is 24.8. The predicted molar refractivity (Wildman–Crippen MR) is 142 cm³/mol. The Morgan fingerprint density at radius 1 is 1.06 bits per heavy atom. The second-order valence-corrected chi connectivity index (χ2v) is 11.7. The van der Waals surface area contributed by atoms with Crippen molar-refractivity contribution >= 4 is 11.5 Å². The SMILES string of the molecule is CCN(CC)c1ccc([C@H]2C[C@]3(C)[C@@H](CC[C@@]3(O)CCCO)[C@@H]3CCC4=CC(=O)CCC4=C32)cc1. The lowest BCUT2D eigenvalue weighted by molar-refractivity contribution is -0.114. The summed E-state index contributed by atoms with van der Waals surface area (Å²) in [6.07, 6.45) is 9.70. The molecule has 0 heterocycles. The van der Waals surface area contributed by atoms with Gasteiger partial charge in [0.25, 0.3) is 0 Å². The van der Waals surface area contributed by atoms with Crippen LogP contribution in [-0.4, -0.2) is 41.3 Å². The highest BCUT2D eigenvalue weighted by Crippen LogP contribution is 2.67. The molecular formula is C31H43NO3. The van der Waals surface area contributed by atoms with Crippen molar-refractivity contribution < 1.29 is 15.0 Å². The van der Waals surface area contributed by atoms with Gasteiger partial charge in [0, 0.05) is 43.1 Å². The molecule has 4 nitrogen and oxygen atoms in total. The van der Waals surface area contributed by atoms with Crippen molar-refractivity contribution in [2.75, 3.05) is 24.6 Å². The van der Waals surface area contributed by atoms with E-state index < -0.39 is 5.60 Å². The largest absolute Gasteiger partial charge is 0.396 e. The molecule has 4 aliphatic rings. The number of nitrogens with zero attached hydrogens (tertiary/aromatic N) is 1. The van der Waals surface area contributed by atoms with Crippen molar-refractivity contribution in [3.63, 3.8) is 0 Å². The van der Waals surface area contributed by atoms with Gasteiger partial charge in [0.1, 0.15) is 0 Å². The van der Waals surface area contributed by atoms with E-state index in [1.807, 2.05) is 6.08 Å². The standard InChI is InChI=1S/C31H43NO3/c1-4-32(5-2)23-10-7-21(8-11-23)27-20-30(3)28(15-17-31(30,35)16-6-18-33)26-13-9-22-19-24(34)12-14-25(22)29(26)27/h7-8,10-11,19,26-28,33,35H,4-6,9,12-18,20H2,1-3H3/t26-,27+,28-,30+,31-/m0/s1. The number of fused-ring (bicyclic) bond motifs is 4. The second kappa shape index (κ2) is 9.52. The summed E-state index contributed by atoms with van der Waals surface area (Å²) in [5.74, 6) is 1.50. The van der Waals surface area contributed by atoms with Gasteiger partial charge in [0.15, 0.2) is 5.78 Å². The van der Waals surface area contributed by atoms with E-state index in [-0.39, 0.29) is 23.7 Å². The highest BCUT2D eigenvalue weighted by molar-refractivity contribution is 5.93. The Morgan fingerprint density at radius 3 is 2.49 bits per heavy atom. The summed E-state index contributed by atoms with van der Waals surface area (Å²) in [6.45, 7) is 8.87. The van der Waals surface area contributed by atoms with Crippen LogP contribution < -0.4 is 4.90 Å². The van der Waals surface area contributed by atoms with Gasteiger partial charge in [-0.05, 0) is 112 Å². The van der Waals surface area contributed by atoms with E-state index >= 15 is 0 Å². The smallest absolute Gasteiger partial charge is 0.156 e. The Kier molecular flexibility index (Phi) is 6.74. The number of benzene rings is 1. The van der Waals surface area contributed by atoms with Gasteiger partial charge in [-0.15, -0.1) is 0 Å². The van der Waals surface area contributed by atoms with Crippen LogP contribution >= 0.6 is 0 Å². The van der Waals surface area contributed by atoms with Gasteiger partial charge in [-0.25, -0.2) is 0 Å². The van der Waals surface area contributed by atoms with Gasteiger partial charge in [-0.3, -0.25) is 4.79 Å². The van der Waals surface area contributed by atoms with Crippen LogP contribution in [0.15, 0.2) is 47.1 Å². The van der Waals surface area contributed by atoms with Gasteiger partial charge < -0.3 is 15.1 Å². The van der Waals surface area contributed by atoms with Gasteiger partial charge >= 0.3 is 0 Å². The number of anilines is 1. The summed E-state index contributed by atoms with van der Waals surface area (Å²) in [6, 6.07) is 9.18. The fourth-order valence-electron chi connectivity index (χ4n) is 8.34. The number of rotatable bonds is 7. The maximum absolute atomic E-state index is 12.2. The number of carbonyl (C=O) groups is 1. The zero-order valence-corrected chi connectivity index (χ0v) is 21.9. The summed E-state index contributed by atoms with van der Waals surface area (Å²) in [4.78, 5) is 14.6. The molecule has 0 aromatic heterocycles. The maximum Gasteiger partial charge on any atom is 0.156 e. The molecule has 1 aromatic rings. The first-order chi connectivity index (χ1) is 16.8. The molecule has 2 fully saturated rings. The van der Waals surface area contributed by atoms with Gasteiger partial charge in [0.2, 0.25) is 0 Å². The van der Waals surface area contributed by atoms with Crippen LogP contribution in [0.25, 0.3) is 0 Å². The molecule has 0 unspecified atom stereocenters. The third-order valence-corrected chi connectivity index (χ3v) is 10.2. The van der Waals surface area contributed by atoms with Gasteiger partial charge in [0.05, 0.1) is 5.60 Å². The van der Waals surface area contributed by atoms with Crippen molar-refractivity contribution in [2.24, 2.45) is 17.3 Å². The minimum atomic E-state index is -0.714.